The molecule has 0 spiro atoms. The minimum absolute atomic E-state index is 0.469. The number of hydrogen-bond donors (Lipinski definition) is 2. The van der Waals surface area contributed by atoms with Crippen molar-refractivity contribution in [2.45, 2.75) is 32.8 Å². The van der Waals surface area contributed by atoms with E-state index in [0.29, 0.717) is 18.7 Å². The average Bonchev–Trinajstić information content (AvgIpc) is 3.03. The van der Waals surface area contributed by atoms with Crippen LogP contribution in [-0.4, -0.2) is 43.6 Å². The Kier molecular flexibility index (Phi) is 2.93. The van der Waals surface area contributed by atoms with E-state index in [9.17, 15) is 5.11 Å². The second kappa shape index (κ2) is 4.52. The summed E-state index contributed by atoms with van der Waals surface area (Å²) >= 11 is 0. The molecule has 1 aliphatic heterocycles. The fourth-order valence-corrected chi connectivity index (χ4v) is 2.67. The standard InChI is InChI=1S/C13H18N6O/c1-8-9(2)15-10(3)16-12(8)19-5-4-13(20,7-19)11-6-14-18-17-11/h6,20H,4-5,7H2,1-3H3,(H,14,17,18)/t13-/m0/s1. The van der Waals surface area contributed by atoms with Gasteiger partial charge in [0.25, 0.3) is 0 Å². The van der Waals surface area contributed by atoms with Gasteiger partial charge in [-0.25, -0.2) is 9.97 Å². The quantitative estimate of drug-likeness (QED) is 0.834. The molecule has 1 aliphatic rings. The summed E-state index contributed by atoms with van der Waals surface area (Å²) < 4.78 is 0. The van der Waals surface area contributed by atoms with E-state index in [0.717, 1.165) is 29.4 Å². The van der Waals surface area contributed by atoms with E-state index in [4.69, 9.17) is 0 Å². The van der Waals surface area contributed by atoms with Crippen LogP contribution in [0, 0.1) is 20.8 Å². The molecule has 1 fully saturated rings. The zero-order chi connectivity index (χ0) is 14.3. The Hall–Kier alpha value is -2.02. The lowest BCUT2D eigenvalue weighted by atomic mass is 10.00. The lowest BCUT2D eigenvalue weighted by Gasteiger charge is -2.23. The number of aromatic amines is 1. The van der Waals surface area contributed by atoms with Gasteiger partial charge in [0, 0.05) is 24.2 Å². The second-order valence-corrected chi connectivity index (χ2v) is 5.36. The van der Waals surface area contributed by atoms with E-state index >= 15 is 0 Å². The van der Waals surface area contributed by atoms with Crippen LogP contribution in [-0.2, 0) is 5.60 Å². The summed E-state index contributed by atoms with van der Waals surface area (Å²) in [6.45, 7) is 7.08. The predicted molar refractivity (Wildman–Crippen MR) is 73.4 cm³/mol. The van der Waals surface area contributed by atoms with Gasteiger partial charge in [-0.2, -0.15) is 15.4 Å². The largest absolute Gasteiger partial charge is 0.381 e. The Balaban J connectivity index is 1.91. The van der Waals surface area contributed by atoms with E-state index in [2.05, 4.69) is 30.3 Å². The number of nitrogens with one attached hydrogen (secondary N) is 1. The molecule has 2 N–H and O–H groups in total. The Labute approximate surface area is 117 Å². The first-order valence-corrected chi connectivity index (χ1v) is 6.65. The van der Waals surface area contributed by atoms with Crippen molar-refractivity contribution < 1.29 is 5.11 Å². The van der Waals surface area contributed by atoms with Crippen LogP contribution < -0.4 is 4.90 Å². The Morgan fingerprint density at radius 3 is 2.80 bits per heavy atom. The second-order valence-electron chi connectivity index (χ2n) is 5.36. The van der Waals surface area contributed by atoms with E-state index in [-0.39, 0.29) is 0 Å². The van der Waals surface area contributed by atoms with Gasteiger partial charge in [0.1, 0.15) is 22.9 Å². The third-order valence-electron chi connectivity index (χ3n) is 3.91. The highest BCUT2D eigenvalue weighted by molar-refractivity contribution is 5.50. The number of β-amino-alcohol motifs (C(OH)–C–C–N with tert-alkyl or cyclic N) is 1. The SMILES string of the molecule is Cc1nc(C)c(C)c(N2CC[C@@](O)(c3cn[nH]n3)C2)n1. The molecular weight excluding hydrogens is 256 g/mol. The van der Waals surface area contributed by atoms with Gasteiger partial charge >= 0.3 is 0 Å². The molecule has 0 unspecified atom stereocenters. The van der Waals surface area contributed by atoms with Crippen LogP contribution in [0.3, 0.4) is 0 Å². The maximum Gasteiger partial charge on any atom is 0.135 e. The summed E-state index contributed by atoms with van der Waals surface area (Å²) in [5, 5.41) is 21.0. The Bertz CT molecular complexity index is 626. The van der Waals surface area contributed by atoms with Gasteiger partial charge in [0.05, 0.1) is 12.7 Å². The highest BCUT2D eigenvalue weighted by Crippen LogP contribution is 2.34. The number of hydrogen-bond acceptors (Lipinski definition) is 6. The van der Waals surface area contributed by atoms with Crippen molar-refractivity contribution in [1.29, 1.82) is 0 Å². The van der Waals surface area contributed by atoms with Gasteiger partial charge in [0.15, 0.2) is 0 Å². The molecule has 20 heavy (non-hydrogen) atoms. The Morgan fingerprint density at radius 2 is 2.10 bits per heavy atom. The van der Waals surface area contributed by atoms with Crippen LogP contribution in [0.15, 0.2) is 6.20 Å². The predicted octanol–water partition coefficient (Wildman–Crippen LogP) is 0.618. The molecule has 0 bridgehead atoms. The molecule has 7 heteroatoms. The fourth-order valence-electron chi connectivity index (χ4n) is 2.67. The molecule has 106 valence electrons. The third kappa shape index (κ3) is 2.03. The Morgan fingerprint density at radius 1 is 1.30 bits per heavy atom. The molecule has 3 heterocycles. The summed E-state index contributed by atoms with van der Waals surface area (Å²) in [7, 11) is 0. The zero-order valence-electron chi connectivity index (χ0n) is 11.9. The van der Waals surface area contributed by atoms with Crippen molar-refractivity contribution in [2.75, 3.05) is 18.0 Å². The van der Waals surface area contributed by atoms with Crippen molar-refractivity contribution in [3.63, 3.8) is 0 Å². The normalized spacial score (nSPS) is 22.5. The first kappa shape index (κ1) is 13.0. The van der Waals surface area contributed by atoms with E-state index in [1.807, 2.05) is 20.8 Å². The molecule has 0 saturated carbocycles. The van der Waals surface area contributed by atoms with Crippen LogP contribution >= 0.6 is 0 Å². The lowest BCUT2D eigenvalue weighted by molar-refractivity contribution is 0.0559. The van der Waals surface area contributed by atoms with Crippen molar-refractivity contribution in [2.24, 2.45) is 0 Å². The molecular formula is C13H18N6O. The van der Waals surface area contributed by atoms with E-state index < -0.39 is 5.60 Å². The topological polar surface area (TPSA) is 90.8 Å². The zero-order valence-corrected chi connectivity index (χ0v) is 11.9. The van der Waals surface area contributed by atoms with Gasteiger partial charge in [-0.05, 0) is 20.8 Å². The van der Waals surface area contributed by atoms with Crippen LogP contribution in [0.2, 0.25) is 0 Å². The van der Waals surface area contributed by atoms with E-state index in [1.165, 1.54) is 0 Å². The van der Waals surface area contributed by atoms with Gasteiger partial charge in [-0.15, -0.1) is 0 Å². The van der Waals surface area contributed by atoms with Gasteiger partial charge < -0.3 is 10.0 Å². The summed E-state index contributed by atoms with van der Waals surface area (Å²) in [4.78, 5) is 11.0. The number of anilines is 1. The summed E-state index contributed by atoms with van der Waals surface area (Å²) in [6.07, 6.45) is 2.19. The van der Waals surface area contributed by atoms with Crippen LogP contribution in [0.5, 0.6) is 0 Å². The first-order chi connectivity index (χ1) is 9.49. The van der Waals surface area contributed by atoms with Gasteiger partial charge in [-0.3, -0.25) is 0 Å². The van der Waals surface area contributed by atoms with Crippen LogP contribution in [0.1, 0.15) is 29.2 Å². The maximum absolute atomic E-state index is 10.7. The summed E-state index contributed by atoms with van der Waals surface area (Å²) in [5.41, 5.74) is 1.65. The van der Waals surface area contributed by atoms with Crippen LogP contribution in [0.25, 0.3) is 0 Å². The summed E-state index contributed by atoms with van der Waals surface area (Å²) in [5.74, 6) is 1.65. The first-order valence-electron chi connectivity index (χ1n) is 6.65. The molecule has 0 radical (unpaired) electrons. The molecule has 0 aromatic carbocycles. The van der Waals surface area contributed by atoms with Crippen LogP contribution in [0.4, 0.5) is 5.82 Å². The number of H-pyrrole nitrogens is 1. The highest BCUT2D eigenvalue weighted by atomic mass is 16.3. The third-order valence-corrected chi connectivity index (χ3v) is 3.91. The number of aryl methyl sites for hydroxylation is 2. The number of aliphatic hydroxyl groups is 1. The van der Waals surface area contributed by atoms with Gasteiger partial charge in [0.2, 0.25) is 0 Å². The van der Waals surface area contributed by atoms with Crippen molar-refractivity contribution in [1.82, 2.24) is 25.4 Å². The molecule has 2 aromatic rings. The van der Waals surface area contributed by atoms with Gasteiger partial charge in [-0.1, -0.05) is 0 Å². The van der Waals surface area contributed by atoms with Crippen molar-refractivity contribution >= 4 is 5.82 Å². The highest BCUT2D eigenvalue weighted by Gasteiger charge is 2.40. The average molecular weight is 274 g/mol. The minimum Gasteiger partial charge on any atom is -0.381 e. The molecule has 3 rings (SSSR count). The lowest BCUT2D eigenvalue weighted by Crippen LogP contribution is -2.32. The monoisotopic (exact) mass is 274 g/mol. The molecule has 0 amide bonds. The van der Waals surface area contributed by atoms with Crippen molar-refractivity contribution in [3.05, 3.63) is 29.0 Å². The smallest absolute Gasteiger partial charge is 0.135 e. The molecule has 0 aliphatic carbocycles. The van der Waals surface area contributed by atoms with Crippen molar-refractivity contribution in [3.8, 4) is 0 Å². The summed E-state index contributed by atoms with van der Waals surface area (Å²) in [6, 6.07) is 0. The molecule has 7 nitrogen and oxygen atoms in total. The number of aromatic nitrogens is 5. The number of rotatable bonds is 2. The molecule has 1 atom stereocenters. The molecule has 2 aromatic heterocycles. The fraction of sp³-hybridized carbons (Fsp3) is 0.538. The number of nitrogens with zero attached hydrogens (tertiary/aromatic N) is 5. The molecule has 1 saturated heterocycles. The minimum atomic E-state index is -0.966. The maximum atomic E-state index is 10.7. The van der Waals surface area contributed by atoms with E-state index in [1.54, 1.807) is 6.20 Å².